The summed E-state index contributed by atoms with van der Waals surface area (Å²) in [5.74, 6) is -0.715. The van der Waals surface area contributed by atoms with Crippen molar-refractivity contribution in [3.05, 3.63) is 0 Å². The molecule has 20 heavy (non-hydrogen) atoms. The Morgan fingerprint density at radius 2 is 2.20 bits per heavy atom. The van der Waals surface area contributed by atoms with Gasteiger partial charge in [0.15, 0.2) is 0 Å². The van der Waals surface area contributed by atoms with Crippen molar-refractivity contribution >= 4 is 22.0 Å². The minimum atomic E-state index is -3.68. The molecule has 0 aliphatic carbocycles. The predicted molar refractivity (Wildman–Crippen MR) is 71.4 cm³/mol. The second kappa shape index (κ2) is 7.03. The second-order valence-corrected chi connectivity index (χ2v) is 6.90. The van der Waals surface area contributed by atoms with E-state index < -0.39 is 15.7 Å². The summed E-state index contributed by atoms with van der Waals surface area (Å²) in [6, 6.07) is 0. The third-order valence-corrected chi connectivity index (χ3v) is 4.20. The Labute approximate surface area is 119 Å². The van der Waals surface area contributed by atoms with Crippen molar-refractivity contribution in [3.63, 3.8) is 0 Å². The highest BCUT2D eigenvalue weighted by atomic mass is 32.2. The van der Waals surface area contributed by atoms with Crippen LogP contribution in [0.3, 0.4) is 0 Å². The highest BCUT2D eigenvalue weighted by Gasteiger charge is 2.34. The summed E-state index contributed by atoms with van der Waals surface area (Å²) in [4.78, 5) is 21.8. The third kappa shape index (κ3) is 6.33. The van der Waals surface area contributed by atoms with Crippen LogP contribution in [-0.4, -0.2) is 44.8 Å². The van der Waals surface area contributed by atoms with E-state index in [0.717, 1.165) is 0 Å². The molecule has 1 atom stereocenters. The molecule has 0 aromatic rings. The van der Waals surface area contributed by atoms with E-state index in [1.807, 2.05) is 0 Å². The lowest BCUT2D eigenvalue weighted by Crippen LogP contribution is -2.41. The summed E-state index contributed by atoms with van der Waals surface area (Å²) in [5.41, 5.74) is -0.875. The van der Waals surface area contributed by atoms with Crippen LogP contribution in [-0.2, 0) is 28.6 Å². The van der Waals surface area contributed by atoms with Crippen LogP contribution in [0.2, 0.25) is 0 Å². The number of hydrogen-bond donors (Lipinski definition) is 1. The van der Waals surface area contributed by atoms with Crippen molar-refractivity contribution in [3.8, 4) is 0 Å². The molecule has 0 bridgehead atoms. The van der Waals surface area contributed by atoms with Crippen LogP contribution in [0, 0.1) is 0 Å². The fourth-order valence-corrected chi connectivity index (χ4v) is 2.92. The van der Waals surface area contributed by atoms with E-state index in [1.54, 1.807) is 6.92 Å². The minimum absolute atomic E-state index is 0.165. The monoisotopic (exact) mass is 307 g/mol. The second-order valence-electron chi connectivity index (χ2n) is 5.14. The first-order valence-corrected chi connectivity index (χ1v) is 8.14. The Morgan fingerprint density at radius 1 is 1.50 bits per heavy atom. The quantitative estimate of drug-likeness (QED) is 0.414. The largest absolute Gasteiger partial charge is 0.457 e. The summed E-state index contributed by atoms with van der Waals surface area (Å²) in [5, 5.41) is 2.51. The third-order valence-electron chi connectivity index (χ3n) is 2.94. The number of amides is 1. The Bertz CT molecular complexity index is 461. The van der Waals surface area contributed by atoms with Crippen LogP contribution < -0.4 is 5.32 Å². The van der Waals surface area contributed by atoms with Crippen molar-refractivity contribution in [1.82, 2.24) is 5.32 Å². The molecule has 1 aliphatic heterocycles. The fourth-order valence-electron chi connectivity index (χ4n) is 1.87. The highest BCUT2D eigenvalue weighted by molar-refractivity contribution is 7.86. The van der Waals surface area contributed by atoms with Crippen molar-refractivity contribution < 1.29 is 26.9 Å². The van der Waals surface area contributed by atoms with Gasteiger partial charge in [-0.15, -0.1) is 0 Å². The first kappa shape index (κ1) is 16.9. The smallest absolute Gasteiger partial charge is 0.306 e. The number of hydrogen-bond acceptors (Lipinski definition) is 6. The Balaban J connectivity index is 2.35. The van der Waals surface area contributed by atoms with Gasteiger partial charge in [0.1, 0.15) is 12.2 Å². The van der Waals surface area contributed by atoms with Gasteiger partial charge in [0.05, 0.1) is 5.75 Å². The van der Waals surface area contributed by atoms with Gasteiger partial charge < -0.3 is 10.1 Å². The summed E-state index contributed by atoms with van der Waals surface area (Å²) in [7, 11) is -3.68. The molecule has 0 aromatic carbocycles. The molecule has 0 radical (unpaired) electrons. The molecule has 1 fully saturated rings. The van der Waals surface area contributed by atoms with Gasteiger partial charge >= 0.3 is 5.97 Å². The van der Waals surface area contributed by atoms with E-state index in [1.165, 1.54) is 6.92 Å². The van der Waals surface area contributed by atoms with Crippen LogP contribution in [0.5, 0.6) is 0 Å². The fraction of sp³-hybridized carbons (Fsp3) is 0.833. The van der Waals surface area contributed by atoms with Crippen molar-refractivity contribution in [2.45, 2.75) is 45.1 Å². The van der Waals surface area contributed by atoms with Crippen LogP contribution in [0.15, 0.2) is 0 Å². The minimum Gasteiger partial charge on any atom is -0.457 e. The van der Waals surface area contributed by atoms with E-state index in [2.05, 4.69) is 5.32 Å². The lowest BCUT2D eigenvalue weighted by molar-refractivity contribution is -0.168. The molecular weight excluding hydrogens is 286 g/mol. The van der Waals surface area contributed by atoms with E-state index in [9.17, 15) is 18.0 Å². The van der Waals surface area contributed by atoms with E-state index in [0.29, 0.717) is 19.3 Å². The van der Waals surface area contributed by atoms with Crippen molar-refractivity contribution in [2.24, 2.45) is 0 Å². The number of carbonyl (C=O) groups excluding carboxylic acids is 2. The summed E-state index contributed by atoms with van der Waals surface area (Å²) in [6.45, 7) is 3.14. The molecule has 8 heteroatoms. The van der Waals surface area contributed by atoms with Crippen molar-refractivity contribution in [2.75, 3.05) is 18.9 Å². The molecule has 1 heterocycles. The molecule has 1 aliphatic rings. The van der Waals surface area contributed by atoms with Gasteiger partial charge in [0.2, 0.25) is 5.91 Å². The molecule has 0 saturated carbocycles. The maximum atomic E-state index is 11.7. The first-order valence-electron chi connectivity index (χ1n) is 6.56. The number of carbonyl (C=O) groups is 2. The SMILES string of the molecule is CC(=O)NCCCS(=O)(=O)OCC1(C)CCCC(=O)O1. The summed E-state index contributed by atoms with van der Waals surface area (Å²) < 4.78 is 33.4. The molecular formula is C12H21NO6S. The topological polar surface area (TPSA) is 98.8 Å². The summed E-state index contributed by atoms with van der Waals surface area (Å²) >= 11 is 0. The highest BCUT2D eigenvalue weighted by Crippen LogP contribution is 2.26. The zero-order chi connectivity index (χ0) is 15.2. The molecule has 1 rings (SSSR count). The Morgan fingerprint density at radius 3 is 2.80 bits per heavy atom. The lowest BCUT2D eigenvalue weighted by atomic mass is 9.97. The van der Waals surface area contributed by atoms with Crippen LogP contribution >= 0.6 is 0 Å². The van der Waals surface area contributed by atoms with Crippen LogP contribution in [0.25, 0.3) is 0 Å². The normalized spacial score (nSPS) is 23.2. The molecule has 1 N–H and O–H groups in total. The first-order chi connectivity index (χ1) is 9.22. The number of nitrogens with one attached hydrogen (secondary N) is 1. The van der Waals surface area contributed by atoms with E-state index >= 15 is 0 Å². The zero-order valence-electron chi connectivity index (χ0n) is 11.8. The number of rotatable bonds is 7. The zero-order valence-corrected chi connectivity index (χ0v) is 12.6. The van der Waals surface area contributed by atoms with Gasteiger partial charge in [-0.3, -0.25) is 13.8 Å². The van der Waals surface area contributed by atoms with Crippen molar-refractivity contribution in [1.29, 1.82) is 0 Å². The van der Waals surface area contributed by atoms with Crippen LogP contribution in [0.1, 0.15) is 39.5 Å². The Kier molecular flexibility index (Phi) is 5.94. The van der Waals surface area contributed by atoms with Gasteiger partial charge in [-0.05, 0) is 26.2 Å². The summed E-state index contributed by atoms with van der Waals surface area (Å²) in [6.07, 6.45) is 1.89. The molecule has 1 unspecified atom stereocenters. The number of esters is 1. The predicted octanol–water partition coefficient (Wildman–Crippen LogP) is 0.345. The van der Waals surface area contributed by atoms with Crippen LogP contribution in [0.4, 0.5) is 0 Å². The van der Waals surface area contributed by atoms with Gasteiger partial charge in [0, 0.05) is 19.9 Å². The maximum Gasteiger partial charge on any atom is 0.306 e. The van der Waals surface area contributed by atoms with Gasteiger partial charge in [0.25, 0.3) is 10.1 Å². The maximum absolute atomic E-state index is 11.7. The molecule has 0 aromatic heterocycles. The van der Waals surface area contributed by atoms with Gasteiger partial charge in [-0.25, -0.2) is 0 Å². The molecule has 1 saturated heterocycles. The standard InChI is InChI=1S/C12H21NO6S/c1-10(14)13-7-4-8-20(16,17)18-9-12(2)6-3-5-11(15)19-12/h3-9H2,1-2H3,(H,13,14). The molecule has 116 valence electrons. The average Bonchev–Trinajstić information content (AvgIpc) is 2.32. The lowest BCUT2D eigenvalue weighted by Gasteiger charge is -2.32. The Hall–Kier alpha value is -1.15. The molecule has 1 amide bonds. The average molecular weight is 307 g/mol. The van der Waals surface area contributed by atoms with E-state index in [4.69, 9.17) is 8.92 Å². The molecule has 7 nitrogen and oxygen atoms in total. The van der Waals surface area contributed by atoms with E-state index in [-0.39, 0.29) is 37.2 Å². The number of ether oxygens (including phenoxy) is 1. The van der Waals surface area contributed by atoms with Gasteiger partial charge in [-0.1, -0.05) is 0 Å². The molecule has 0 spiro atoms. The van der Waals surface area contributed by atoms with Gasteiger partial charge in [-0.2, -0.15) is 8.42 Å². The number of cyclic esters (lactones) is 1.